The third-order valence-corrected chi connectivity index (χ3v) is 5.45. The number of hydrogen-bond acceptors (Lipinski definition) is 5. The summed E-state index contributed by atoms with van der Waals surface area (Å²) in [7, 11) is -2.08. The van der Waals surface area contributed by atoms with Crippen molar-refractivity contribution in [1.82, 2.24) is 9.21 Å². The lowest BCUT2D eigenvalue weighted by molar-refractivity contribution is 0.0368. The van der Waals surface area contributed by atoms with Gasteiger partial charge in [0.15, 0.2) is 0 Å². The van der Waals surface area contributed by atoms with E-state index in [1.807, 2.05) is 6.07 Å². The number of nitriles is 1. The average Bonchev–Trinajstić information content (AvgIpc) is 2.53. The Morgan fingerprint density at radius 2 is 2.00 bits per heavy atom. The van der Waals surface area contributed by atoms with Crippen LogP contribution in [0.5, 0.6) is 0 Å². The van der Waals surface area contributed by atoms with E-state index < -0.39 is 10.0 Å². The van der Waals surface area contributed by atoms with Gasteiger partial charge in [0.05, 0.1) is 23.7 Å². The van der Waals surface area contributed by atoms with Gasteiger partial charge in [-0.25, -0.2) is 8.42 Å². The van der Waals surface area contributed by atoms with E-state index in [2.05, 4.69) is 4.90 Å². The van der Waals surface area contributed by atoms with Crippen molar-refractivity contribution < 1.29 is 13.2 Å². The molecule has 0 spiro atoms. The van der Waals surface area contributed by atoms with E-state index in [0.717, 1.165) is 13.1 Å². The fourth-order valence-corrected chi connectivity index (χ4v) is 3.48. The molecule has 6 nitrogen and oxygen atoms in total. The van der Waals surface area contributed by atoms with Crippen molar-refractivity contribution >= 4 is 10.0 Å². The van der Waals surface area contributed by atoms with Crippen molar-refractivity contribution in [2.75, 3.05) is 46.4 Å². The van der Waals surface area contributed by atoms with Crippen LogP contribution in [0.4, 0.5) is 0 Å². The molecular weight excluding hydrogens is 290 g/mol. The molecule has 0 amide bonds. The van der Waals surface area contributed by atoms with Crippen LogP contribution in [0.15, 0.2) is 29.2 Å². The fraction of sp³-hybridized carbons (Fsp3) is 0.500. The summed E-state index contributed by atoms with van der Waals surface area (Å²) in [5, 5.41) is 9.04. The lowest BCUT2D eigenvalue weighted by Crippen LogP contribution is -2.42. The smallest absolute Gasteiger partial charge is 0.244 e. The Morgan fingerprint density at radius 1 is 1.33 bits per heavy atom. The summed E-state index contributed by atoms with van der Waals surface area (Å²) in [6.45, 7) is 4.07. The summed E-state index contributed by atoms with van der Waals surface area (Å²) < 4.78 is 31.6. The zero-order chi connectivity index (χ0) is 15.3. The first kappa shape index (κ1) is 15.9. The molecule has 1 fully saturated rings. The van der Waals surface area contributed by atoms with Gasteiger partial charge in [-0.15, -0.1) is 0 Å². The van der Waals surface area contributed by atoms with Crippen LogP contribution < -0.4 is 0 Å². The van der Waals surface area contributed by atoms with Gasteiger partial charge < -0.3 is 4.74 Å². The van der Waals surface area contributed by atoms with E-state index >= 15 is 0 Å². The van der Waals surface area contributed by atoms with E-state index in [1.54, 1.807) is 19.2 Å². The molecule has 1 aliphatic heterocycles. The molecule has 1 aromatic carbocycles. The Labute approximate surface area is 125 Å². The largest absolute Gasteiger partial charge is 0.379 e. The standard InChI is InChI=1S/C14H19N3O3S/c1-16(6-7-17-8-10-20-11-9-17)21(18,19)14-5-3-2-4-13(14)12-15/h2-5H,6-11H2,1H3. The maximum Gasteiger partial charge on any atom is 0.244 e. The van der Waals surface area contributed by atoms with Crippen molar-refractivity contribution in [3.05, 3.63) is 29.8 Å². The van der Waals surface area contributed by atoms with Gasteiger partial charge in [0.25, 0.3) is 0 Å². The Balaban J connectivity index is 2.06. The third-order valence-electron chi connectivity index (χ3n) is 3.53. The van der Waals surface area contributed by atoms with Crippen LogP contribution in [0.2, 0.25) is 0 Å². The number of ether oxygens (including phenoxy) is 1. The molecule has 7 heteroatoms. The summed E-state index contributed by atoms with van der Waals surface area (Å²) in [6.07, 6.45) is 0. The number of benzene rings is 1. The predicted molar refractivity (Wildman–Crippen MR) is 78.2 cm³/mol. The molecule has 0 aromatic heterocycles. The number of nitrogens with zero attached hydrogens (tertiary/aromatic N) is 3. The first-order chi connectivity index (χ1) is 10.1. The highest BCUT2D eigenvalue weighted by Crippen LogP contribution is 2.18. The predicted octanol–water partition coefficient (Wildman–Crippen LogP) is 0.511. The second-order valence-corrected chi connectivity index (χ2v) is 6.90. The van der Waals surface area contributed by atoms with Gasteiger partial charge in [-0.05, 0) is 12.1 Å². The molecule has 21 heavy (non-hydrogen) atoms. The maximum atomic E-state index is 12.5. The molecule has 1 aromatic rings. The van der Waals surface area contributed by atoms with Crippen LogP contribution in [-0.4, -0.2) is 64.1 Å². The summed E-state index contributed by atoms with van der Waals surface area (Å²) in [5.41, 5.74) is 0.177. The van der Waals surface area contributed by atoms with Crippen LogP contribution >= 0.6 is 0 Å². The van der Waals surface area contributed by atoms with E-state index in [-0.39, 0.29) is 10.5 Å². The minimum atomic E-state index is -3.63. The van der Waals surface area contributed by atoms with Crippen LogP contribution in [0.25, 0.3) is 0 Å². The van der Waals surface area contributed by atoms with Gasteiger partial charge >= 0.3 is 0 Å². The SMILES string of the molecule is CN(CCN1CCOCC1)S(=O)(=O)c1ccccc1C#N. The zero-order valence-corrected chi connectivity index (χ0v) is 12.8. The molecule has 1 heterocycles. The van der Waals surface area contributed by atoms with E-state index in [4.69, 9.17) is 10.00 Å². The van der Waals surface area contributed by atoms with Crippen LogP contribution in [0.1, 0.15) is 5.56 Å². The molecule has 0 unspecified atom stereocenters. The lowest BCUT2D eigenvalue weighted by atomic mass is 10.2. The minimum Gasteiger partial charge on any atom is -0.379 e. The minimum absolute atomic E-state index is 0.0666. The van der Waals surface area contributed by atoms with Gasteiger partial charge in [-0.3, -0.25) is 4.90 Å². The maximum absolute atomic E-state index is 12.5. The molecule has 0 N–H and O–H groups in total. The first-order valence-corrected chi connectivity index (χ1v) is 8.25. The highest BCUT2D eigenvalue weighted by atomic mass is 32.2. The number of rotatable bonds is 5. The van der Waals surface area contributed by atoms with Crippen molar-refractivity contribution in [3.63, 3.8) is 0 Å². The number of likely N-dealkylation sites (N-methyl/N-ethyl adjacent to an activating group) is 1. The van der Waals surface area contributed by atoms with Gasteiger partial charge in [0.2, 0.25) is 10.0 Å². The molecule has 2 rings (SSSR count). The summed E-state index contributed by atoms with van der Waals surface area (Å²) in [5.74, 6) is 0. The number of morpholine rings is 1. The Morgan fingerprint density at radius 3 is 2.67 bits per heavy atom. The average molecular weight is 309 g/mol. The normalized spacial score (nSPS) is 16.8. The van der Waals surface area contributed by atoms with Crippen LogP contribution in [-0.2, 0) is 14.8 Å². The second-order valence-electron chi connectivity index (χ2n) is 4.89. The molecule has 1 saturated heterocycles. The summed E-state index contributed by atoms with van der Waals surface area (Å²) in [6, 6.07) is 8.20. The molecule has 0 atom stereocenters. The molecular formula is C14H19N3O3S. The molecule has 114 valence electrons. The molecule has 0 saturated carbocycles. The number of hydrogen-bond donors (Lipinski definition) is 0. The van der Waals surface area contributed by atoms with Crippen molar-refractivity contribution in [2.24, 2.45) is 0 Å². The van der Waals surface area contributed by atoms with Crippen molar-refractivity contribution in [1.29, 1.82) is 5.26 Å². The molecule has 0 aliphatic carbocycles. The van der Waals surface area contributed by atoms with Gasteiger partial charge in [0.1, 0.15) is 6.07 Å². The van der Waals surface area contributed by atoms with Gasteiger partial charge in [-0.2, -0.15) is 9.57 Å². The number of sulfonamides is 1. The first-order valence-electron chi connectivity index (χ1n) is 6.81. The lowest BCUT2D eigenvalue weighted by Gasteiger charge is -2.28. The van der Waals surface area contributed by atoms with Crippen molar-refractivity contribution in [3.8, 4) is 6.07 Å². The Bertz CT molecular complexity index is 619. The topological polar surface area (TPSA) is 73.6 Å². The zero-order valence-electron chi connectivity index (χ0n) is 12.0. The van der Waals surface area contributed by atoms with Gasteiger partial charge in [0, 0.05) is 33.2 Å². The van der Waals surface area contributed by atoms with Crippen LogP contribution in [0, 0.1) is 11.3 Å². The molecule has 1 aliphatic rings. The van der Waals surface area contributed by atoms with Crippen LogP contribution in [0.3, 0.4) is 0 Å². The second kappa shape index (κ2) is 7.00. The molecule has 0 radical (unpaired) electrons. The monoisotopic (exact) mass is 309 g/mol. The quantitative estimate of drug-likeness (QED) is 0.792. The fourth-order valence-electron chi connectivity index (χ4n) is 2.18. The Kier molecular flexibility index (Phi) is 5.31. The summed E-state index contributed by atoms with van der Waals surface area (Å²) >= 11 is 0. The highest BCUT2D eigenvalue weighted by molar-refractivity contribution is 7.89. The van der Waals surface area contributed by atoms with Crippen molar-refractivity contribution in [2.45, 2.75) is 4.90 Å². The molecule has 0 bridgehead atoms. The summed E-state index contributed by atoms with van der Waals surface area (Å²) in [4.78, 5) is 2.24. The van der Waals surface area contributed by atoms with E-state index in [1.165, 1.54) is 16.4 Å². The Hall–Kier alpha value is -1.46. The third kappa shape index (κ3) is 3.80. The highest BCUT2D eigenvalue weighted by Gasteiger charge is 2.24. The van der Waals surface area contributed by atoms with Gasteiger partial charge in [-0.1, -0.05) is 12.1 Å². The van der Waals surface area contributed by atoms with E-state index in [0.29, 0.717) is 26.3 Å². The van der Waals surface area contributed by atoms with E-state index in [9.17, 15) is 8.42 Å².